The van der Waals surface area contributed by atoms with E-state index in [1.165, 1.54) is 11.1 Å². The fraction of sp³-hybridized carbons (Fsp3) is 0.412. The molecule has 1 aromatic heterocycles. The maximum atomic E-state index is 11.0. The smallest absolute Gasteiger partial charge is 0.305 e. The third-order valence-corrected chi connectivity index (χ3v) is 4.07. The molecule has 0 amide bonds. The number of aromatic nitrogens is 2. The van der Waals surface area contributed by atoms with Crippen molar-refractivity contribution in [2.45, 2.75) is 25.6 Å². The summed E-state index contributed by atoms with van der Waals surface area (Å²) in [5.41, 5.74) is 2.38. The average molecular weight is 315 g/mol. The molecule has 3 rings (SSSR count). The molecule has 0 aliphatic carbocycles. The van der Waals surface area contributed by atoms with Crippen LogP contribution in [-0.2, 0) is 22.6 Å². The lowest BCUT2D eigenvalue weighted by Gasteiger charge is -2.34. The quantitative estimate of drug-likeness (QED) is 0.877. The fourth-order valence-corrected chi connectivity index (χ4v) is 2.85. The summed E-state index contributed by atoms with van der Waals surface area (Å²) in [5.74, 6) is -0.778. The highest BCUT2D eigenvalue weighted by molar-refractivity contribution is 5.67. The van der Waals surface area contributed by atoms with Gasteiger partial charge in [-0.15, -0.1) is 0 Å². The van der Waals surface area contributed by atoms with E-state index in [2.05, 4.69) is 34.3 Å². The van der Waals surface area contributed by atoms with Gasteiger partial charge in [-0.3, -0.25) is 14.4 Å². The molecule has 1 aliphatic heterocycles. The first-order valence-electron chi connectivity index (χ1n) is 7.79. The van der Waals surface area contributed by atoms with Gasteiger partial charge in [-0.05, 0) is 17.2 Å². The normalized spacial score (nSPS) is 18.9. The van der Waals surface area contributed by atoms with Gasteiger partial charge in [0.1, 0.15) is 0 Å². The van der Waals surface area contributed by atoms with Crippen LogP contribution < -0.4 is 0 Å². The number of carboxylic acid groups (broad SMARTS) is 1. The Bertz CT molecular complexity index is 625. The van der Waals surface area contributed by atoms with Crippen molar-refractivity contribution in [3.63, 3.8) is 0 Å². The van der Waals surface area contributed by atoms with Crippen LogP contribution >= 0.6 is 0 Å². The molecule has 23 heavy (non-hydrogen) atoms. The van der Waals surface area contributed by atoms with Crippen LogP contribution in [0.2, 0.25) is 0 Å². The SMILES string of the molecule is O=C(O)C[C@H]1COCCN1Cc1ccc(Cn2cccn2)cc1. The molecule has 0 radical (unpaired) electrons. The molecule has 2 aromatic rings. The predicted octanol–water partition coefficient (Wildman–Crippen LogP) is 1.61. The van der Waals surface area contributed by atoms with Crippen LogP contribution in [0.1, 0.15) is 17.5 Å². The number of morpholine rings is 1. The molecule has 1 aliphatic rings. The van der Waals surface area contributed by atoms with Gasteiger partial charge in [0, 0.05) is 31.5 Å². The van der Waals surface area contributed by atoms with E-state index >= 15 is 0 Å². The molecule has 1 aromatic carbocycles. The number of rotatable bonds is 6. The minimum absolute atomic E-state index is 0.0509. The van der Waals surface area contributed by atoms with Crippen LogP contribution in [-0.4, -0.2) is 51.6 Å². The molecule has 0 spiro atoms. The standard InChI is InChI=1S/C17H21N3O3/c21-17(22)10-16-13-23-9-8-19(16)11-14-2-4-15(5-3-14)12-20-7-1-6-18-20/h1-7,16H,8-13H2,(H,21,22)/t16-/m0/s1. The van der Waals surface area contributed by atoms with Gasteiger partial charge < -0.3 is 9.84 Å². The van der Waals surface area contributed by atoms with Crippen molar-refractivity contribution < 1.29 is 14.6 Å². The molecule has 1 fully saturated rings. The molecular formula is C17H21N3O3. The van der Waals surface area contributed by atoms with E-state index in [0.717, 1.165) is 19.6 Å². The third kappa shape index (κ3) is 4.40. The molecular weight excluding hydrogens is 294 g/mol. The largest absolute Gasteiger partial charge is 0.481 e. The molecule has 122 valence electrons. The van der Waals surface area contributed by atoms with Crippen molar-refractivity contribution in [1.82, 2.24) is 14.7 Å². The van der Waals surface area contributed by atoms with Crippen LogP contribution in [0.3, 0.4) is 0 Å². The van der Waals surface area contributed by atoms with Gasteiger partial charge in [0.05, 0.1) is 26.2 Å². The number of carbonyl (C=O) groups is 1. The summed E-state index contributed by atoms with van der Waals surface area (Å²) in [7, 11) is 0. The number of nitrogens with zero attached hydrogens (tertiary/aromatic N) is 3. The number of aliphatic carboxylic acids is 1. The van der Waals surface area contributed by atoms with Crippen molar-refractivity contribution in [2.24, 2.45) is 0 Å². The third-order valence-electron chi connectivity index (χ3n) is 4.07. The van der Waals surface area contributed by atoms with Crippen LogP contribution in [0.5, 0.6) is 0 Å². The van der Waals surface area contributed by atoms with E-state index in [1.54, 1.807) is 6.20 Å². The maximum absolute atomic E-state index is 11.0. The molecule has 6 nitrogen and oxygen atoms in total. The van der Waals surface area contributed by atoms with Gasteiger partial charge in [-0.2, -0.15) is 5.10 Å². The lowest BCUT2D eigenvalue weighted by atomic mass is 10.1. The highest BCUT2D eigenvalue weighted by Crippen LogP contribution is 2.16. The Hall–Kier alpha value is -2.18. The second kappa shape index (κ2) is 7.39. The van der Waals surface area contributed by atoms with Crippen LogP contribution in [0.25, 0.3) is 0 Å². The highest BCUT2D eigenvalue weighted by atomic mass is 16.5. The van der Waals surface area contributed by atoms with Crippen molar-refractivity contribution in [3.05, 3.63) is 53.9 Å². The van der Waals surface area contributed by atoms with Gasteiger partial charge in [0.2, 0.25) is 0 Å². The van der Waals surface area contributed by atoms with Gasteiger partial charge in [0.15, 0.2) is 0 Å². The Kier molecular flexibility index (Phi) is 5.05. The summed E-state index contributed by atoms with van der Waals surface area (Å²) in [5, 5.41) is 13.2. The molecule has 6 heteroatoms. The van der Waals surface area contributed by atoms with Crippen molar-refractivity contribution in [2.75, 3.05) is 19.8 Å². The summed E-state index contributed by atoms with van der Waals surface area (Å²) in [6.45, 7) is 3.43. The highest BCUT2D eigenvalue weighted by Gasteiger charge is 2.25. The van der Waals surface area contributed by atoms with E-state index in [-0.39, 0.29) is 12.5 Å². The Labute approximate surface area is 135 Å². The summed E-state index contributed by atoms with van der Waals surface area (Å²) in [4.78, 5) is 13.2. The zero-order chi connectivity index (χ0) is 16.1. The van der Waals surface area contributed by atoms with Crippen molar-refractivity contribution >= 4 is 5.97 Å². The summed E-state index contributed by atoms with van der Waals surface area (Å²) < 4.78 is 7.30. The Morgan fingerprint density at radius 2 is 2.00 bits per heavy atom. The monoisotopic (exact) mass is 315 g/mol. The van der Waals surface area contributed by atoms with Gasteiger partial charge in [0.25, 0.3) is 0 Å². The summed E-state index contributed by atoms with van der Waals surface area (Å²) in [6.07, 6.45) is 3.84. The second-order valence-corrected chi connectivity index (χ2v) is 5.82. The number of benzene rings is 1. The molecule has 1 atom stereocenters. The van der Waals surface area contributed by atoms with Crippen molar-refractivity contribution in [3.8, 4) is 0 Å². The number of hydrogen-bond acceptors (Lipinski definition) is 4. The van der Waals surface area contributed by atoms with Gasteiger partial charge in [-0.1, -0.05) is 24.3 Å². The van der Waals surface area contributed by atoms with Crippen LogP contribution in [0.4, 0.5) is 0 Å². The lowest BCUT2D eigenvalue weighted by molar-refractivity contribution is -0.140. The molecule has 0 unspecified atom stereocenters. The number of hydrogen-bond donors (Lipinski definition) is 1. The zero-order valence-corrected chi connectivity index (χ0v) is 13.0. The minimum atomic E-state index is -0.778. The second-order valence-electron chi connectivity index (χ2n) is 5.82. The lowest BCUT2D eigenvalue weighted by Crippen LogP contribution is -2.45. The first kappa shape index (κ1) is 15.7. The van der Waals surface area contributed by atoms with E-state index < -0.39 is 5.97 Å². The molecule has 0 bridgehead atoms. The first-order chi connectivity index (χ1) is 11.2. The Balaban J connectivity index is 1.61. The zero-order valence-electron chi connectivity index (χ0n) is 13.0. The number of ether oxygens (including phenoxy) is 1. The Morgan fingerprint density at radius 3 is 2.65 bits per heavy atom. The average Bonchev–Trinajstić information content (AvgIpc) is 3.04. The van der Waals surface area contributed by atoms with Gasteiger partial charge in [-0.25, -0.2) is 0 Å². The van der Waals surface area contributed by atoms with Crippen LogP contribution in [0.15, 0.2) is 42.7 Å². The van der Waals surface area contributed by atoms with E-state index in [1.807, 2.05) is 16.9 Å². The molecule has 2 heterocycles. The molecule has 1 N–H and O–H groups in total. The predicted molar refractivity (Wildman–Crippen MR) is 85.0 cm³/mol. The van der Waals surface area contributed by atoms with E-state index in [4.69, 9.17) is 9.84 Å². The molecule has 1 saturated heterocycles. The van der Waals surface area contributed by atoms with Crippen LogP contribution in [0, 0.1) is 0 Å². The topological polar surface area (TPSA) is 67.6 Å². The van der Waals surface area contributed by atoms with E-state index in [0.29, 0.717) is 13.2 Å². The van der Waals surface area contributed by atoms with E-state index in [9.17, 15) is 4.79 Å². The molecule has 0 saturated carbocycles. The summed E-state index contributed by atoms with van der Waals surface area (Å²) in [6, 6.07) is 10.3. The minimum Gasteiger partial charge on any atom is -0.481 e. The Morgan fingerprint density at radius 1 is 1.26 bits per heavy atom. The first-order valence-corrected chi connectivity index (χ1v) is 7.79. The number of carboxylic acids is 1. The maximum Gasteiger partial charge on any atom is 0.305 e. The van der Waals surface area contributed by atoms with Crippen molar-refractivity contribution in [1.29, 1.82) is 0 Å². The summed E-state index contributed by atoms with van der Waals surface area (Å²) >= 11 is 0. The fourth-order valence-electron chi connectivity index (χ4n) is 2.85. The van der Waals surface area contributed by atoms with Gasteiger partial charge >= 0.3 is 5.97 Å².